The van der Waals surface area contributed by atoms with Gasteiger partial charge in [0.25, 0.3) is 0 Å². The molecule has 7 nitrogen and oxygen atoms in total. The number of piperidine rings is 1. The number of benzene rings is 1. The first kappa shape index (κ1) is 19.4. The molecule has 27 heavy (non-hydrogen) atoms. The van der Waals surface area contributed by atoms with Gasteiger partial charge in [-0.15, -0.1) is 0 Å². The number of nitrogens with zero attached hydrogens (tertiary/aromatic N) is 3. The maximum Gasteiger partial charge on any atom is 0.249 e. The predicted octanol–water partition coefficient (Wildman–Crippen LogP) is 1.99. The summed E-state index contributed by atoms with van der Waals surface area (Å²) in [6.07, 6.45) is 3.23. The highest BCUT2D eigenvalue weighted by Crippen LogP contribution is 2.33. The van der Waals surface area contributed by atoms with E-state index in [4.69, 9.17) is 4.74 Å². The van der Waals surface area contributed by atoms with Crippen molar-refractivity contribution in [1.29, 1.82) is 0 Å². The Kier molecular flexibility index (Phi) is 5.79. The third kappa shape index (κ3) is 4.13. The van der Waals surface area contributed by atoms with Crippen molar-refractivity contribution < 1.29 is 14.6 Å². The Morgan fingerprint density at radius 3 is 2.63 bits per heavy atom. The fourth-order valence-corrected chi connectivity index (χ4v) is 3.68. The number of anilines is 1. The van der Waals surface area contributed by atoms with Crippen LogP contribution in [0, 0.1) is 11.8 Å². The van der Waals surface area contributed by atoms with Crippen LogP contribution in [0.4, 0.5) is 5.69 Å². The molecule has 0 aliphatic carbocycles. The average Bonchev–Trinajstić information content (AvgIpc) is 2.65. The molecule has 3 rings (SSSR count). The second-order valence-electron chi connectivity index (χ2n) is 7.68. The van der Waals surface area contributed by atoms with Crippen LogP contribution in [0.1, 0.15) is 27.2 Å². The fraction of sp³-hybridized carbons (Fsp3) is 0.550. The van der Waals surface area contributed by atoms with E-state index < -0.39 is 6.10 Å². The average molecular weight is 372 g/mol. The van der Waals surface area contributed by atoms with Gasteiger partial charge in [0.15, 0.2) is 0 Å². The zero-order valence-corrected chi connectivity index (χ0v) is 16.3. The molecule has 0 spiro atoms. The van der Waals surface area contributed by atoms with E-state index in [1.165, 1.54) is 0 Å². The van der Waals surface area contributed by atoms with E-state index in [-0.39, 0.29) is 17.9 Å². The van der Waals surface area contributed by atoms with Crippen molar-refractivity contribution in [3.63, 3.8) is 0 Å². The lowest BCUT2D eigenvalue weighted by Gasteiger charge is -2.38. The number of amides is 1. The van der Waals surface area contributed by atoms with Crippen LogP contribution in [0.25, 0.3) is 11.0 Å². The molecule has 2 N–H and O–H groups in total. The number of methoxy groups -OCH3 is 1. The van der Waals surface area contributed by atoms with Crippen molar-refractivity contribution >= 4 is 22.6 Å². The molecular weight excluding hydrogens is 344 g/mol. The standard InChI is InChI=1S/C20H28N4O3/c1-12(2)19(25)20(26)23-14-9-13(3)10-24(11-14)15-5-6-16(27-4)18-17(15)21-7-8-22-18/h5-8,12-14,19,25H,9-11H2,1-4H3,(H,23,26)/t13-,14-,19-/m0/s1. The smallest absolute Gasteiger partial charge is 0.249 e. The van der Waals surface area contributed by atoms with Crippen molar-refractivity contribution in [2.45, 2.75) is 39.3 Å². The molecule has 1 aromatic heterocycles. The number of carbonyl (C=O) groups excluding carboxylic acids is 1. The van der Waals surface area contributed by atoms with Gasteiger partial charge in [0.1, 0.15) is 22.9 Å². The molecule has 146 valence electrons. The van der Waals surface area contributed by atoms with E-state index in [9.17, 15) is 9.90 Å². The van der Waals surface area contributed by atoms with Gasteiger partial charge >= 0.3 is 0 Å². The molecule has 1 aliphatic heterocycles. The van der Waals surface area contributed by atoms with Gasteiger partial charge in [-0.05, 0) is 30.4 Å². The predicted molar refractivity (Wildman–Crippen MR) is 105 cm³/mol. The maximum absolute atomic E-state index is 12.3. The number of aliphatic hydroxyl groups excluding tert-OH is 1. The van der Waals surface area contributed by atoms with Crippen LogP contribution in [0.3, 0.4) is 0 Å². The van der Waals surface area contributed by atoms with Crippen molar-refractivity contribution in [3.05, 3.63) is 24.5 Å². The zero-order valence-electron chi connectivity index (χ0n) is 16.3. The van der Waals surface area contributed by atoms with E-state index in [1.54, 1.807) is 19.5 Å². The molecule has 1 aromatic carbocycles. The van der Waals surface area contributed by atoms with Crippen LogP contribution in [0.15, 0.2) is 24.5 Å². The normalized spacial score (nSPS) is 21.3. The number of aromatic nitrogens is 2. The van der Waals surface area contributed by atoms with Gasteiger partial charge in [0.05, 0.1) is 12.8 Å². The molecular formula is C20H28N4O3. The minimum Gasteiger partial charge on any atom is -0.494 e. The van der Waals surface area contributed by atoms with Crippen LogP contribution in [0.2, 0.25) is 0 Å². The Morgan fingerprint density at radius 2 is 1.96 bits per heavy atom. The van der Waals surface area contributed by atoms with Crippen molar-refractivity contribution in [2.75, 3.05) is 25.1 Å². The van der Waals surface area contributed by atoms with Crippen LogP contribution in [-0.4, -0.2) is 53.3 Å². The molecule has 1 aliphatic rings. The second-order valence-corrected chi connectivity index (χ2v) is 7.68. The van der Waals surface area contributed by atoms with E-state index in [0.29, 0.717) is 18.2 Å². The SMILES string of the molecule is COc1ccc(N2C[C@@H](C)C[C@H](NC(=O)[C@@H](O)C(C)C)C2)c2nccnc12. The summed E-state index contributed by atoms with van der Waals surface area (Å²) in [6, 6.07) is 3.88. The molecule has 2 heterocycles. The van der Waals surface area contributed by atoms with Crippen LogP contribution in [-0.2, 0) is 4.79 Å². The molecule has 0 unspecified atom stereocenters. The van der Waals surface area contributed by atoms with Gasteiger partial charge in [0, 0.05) is 31.5 Å². The minimum atomic E-state index is -0.983. The summed E-state index contributed by atoms with van der Waals surface area (Å²) >= 11 is 0. The number of hydrogen-bond donors (Lipinski definition) is 2. The lowest BCUT2D eigenvalue weighted by Crippen LogP contribution is -2.53. The van der Waals surface area contributed by atoms with Crippen molar-refractivity contribution in [3.8, 4) is 5.75 Å². The maximum atomic E-state index is 12.3. The monoisotopic (exact) mass is 372 g/mol. The fourth-order valence-electron chi connectivity index (χ4n) is 3.68. The topological polar surface area (TPSA) is 87.6 Å². The van der Waals surface area contributed by atoms with E-state index in [1.807, 2.05) is 26.0 Å². The summed E-state index contributed by atoms with van der Waals surface area (Å²) < 4.78 is 5.41. The molecule has 0 saturated carbocycles. The summed E-state index contributed by atoms with van der Waals surface area (Å²) in [5.41, 5.74) is 2.50. The molecule has 3 atom stereocenters. The van der Waals surface area contributed by atoms with Gasteiger partial charge in [-0.25, -0.2) is 4.98 Å². The summed E-state index contributed by atoms with van der Waals surface area (Å²) in [4.78, 5) is 23.4. The highest BCUT2D eigenvalue weighted by molar-refractivity contribution is 5.92. The van der Waals surface area contributed by atoms with Crippen LogP contribution in [0.5, 0.6) is 5.75 Å². The Balaban J connectivity index is 1.85. The first-order valence-corrected chi connectivity index (χ1v) is 9.41. The summed E-state index contributed by atoms with van der Waals surface area (Å²) in [7, 11) is 1.62. The number of hydrogen-bond acceptors (Lipinski definition) is 6. The molecule has 1 fully saturated rings. The molecule has 0 radical (unpaired) electrons. The van der Waals surface area contributed by atoms with E-state index >= 15 is 0 Å². The van der Waals surface area contributed by atoms with Gasteiger partial charge in [-0.1, -0.05) is 20.8 Å². The minimum absolute atomic E-state index is 0.0246. The van der Waals surface area contributed by atoms with Crippen molar-refractivity contribution in [2.24, 2.45) is 11.8 Å². The lowest BCUT2D eigenvalue weighted by atomic mass is 9.94. The Morgan fingerprint density at radius 1 is 1.26 bits per heavy atom. The number of ether oxygens (including phenoxy) is 1. The van der Waals surface area contributed by atoms with Gasteiger partial charge in [0.2, 0.25) is 5.91 Å². The van der Waals surface area contributed by atoms with E-state index in [0.717, 1.165) is 29.7 Å². The van der Waals surface area contributed by atoms with Crippen LogP contribution >= 0.6 is 0 Å². The van der Waals surface area contributed by atoms with Gasteiger partial charge in [-0.2, -0.15) is 0 Å². The molecule has 1 saturated heterocycles. The Labute approximate surface area is 159 Å². The summed E-state index contributed by atoms with van der Waals surface area (Å²) in [6.45, 7) is 7.38. The first-order valence-electron chi connectivity index (χ1n) is 9.41. The summed E-state index contributed by atoms with van der Waals surface area (Å²) in [5, 5.41) is 13.0. The largest absolute Gasteiger partial charge is 0.494 e. The van der Waals surface area contributed by atoms with Gasteiger partial charge in [-0.3, -0.25) is 9.78 Å². The number of aliphatic hydroxyl groups is 1. The zero-order chi connectivity index (χ0) is 19.6. The Bertz CT molecular complexity index is 811. The number of rotatable bonds is 5. The number of carbonyl (C=O) groups is 1. The first-order chi connectivity index (χ1) is 12.9. The quantitative estimate of drug-likeness (QED) is 0.835. The van der Waals surface area contributed by atoms with Gasteiger partial charge < -0.3 is 20.1 Å². The molecule has 2 aromatic rings. The number of fused-ring (bicyclic) bond motifs is 1. The Hall–Kier alpha value is -2.41. The lowest BCUT2D eigenvalue weighted by molar-refractivity contribution is -0.132. The highest BCUT2D eigenvalue weighted by Gasteiger charge is 2.29. The van der Waals surface area contributed by atoms with E-state index in [2.05, 4.69) is 27.1 Å². The molecule has 7 heteroatoms. The second kappa shape index (κ2) is 8.08. The molecule has 1 amide bonds. The third-order valence-corrected chi connectivity index (χ3v) is 5.03. The summed E-state index contributed by atoms with van der Waals surface area (Å²) in [5.74, 6) is 0.678. The number of nitrogens with one attached hydrogen (secondary N) is 1. The third-order valence-electron chi connectivity index (χ3n) is 5.03. The van der Waals surface area contributed by atoms with Crippen molar-refractivity contribution in [1.82, 2.24) is 15.3 Å². The molecule has 0 bridgehead atoms. The van der Waals surface area contributed by atoms with Crippen LogP contribution < -0.4 is 15.0 Å². The highest BCUT2D eigenvalue weighted by atomic mass is 16.5.